The maximum Gasteiger partial charge on any atom is 0.446 e. The zero-order chi connectivity index (χ0) is 13.9. The number of nitriles is 1. The van der Waals surface area contributed by atoms with Gasteiger partial charge in [0.15, 0.2) is 0 Å². The van der Waals surface area contributed by atoms with Gasteiger partial charge < -0.3 is 4.74 Å². The SMILES string of the molecule is COC(=O)c1c(C#N)ccc(SC(F)(F)F)c1Br. The summed E-state index contributed by atoms with van der Waals surface area (Å²) >= 11 is 2.52. The van der Waals surface area contributed by atoms with E-state index in [1.807, 2.05) is 0 Å². The van der Waals surface area contributed by atoms with Crippen molar-refractivity contribution >= 4 is 33.7 Å². The molecule has 1 rings (SSSR count). The van der Waals surface area contributed by atoms with Crippen molar-refractivity contribution in [2.45, 2.75) is 10.4 Å². The summed E-state index contributed by atoms with van der Waals surface area (Å²) in [5.41, 5.74) is -4.75. The van der Waals surface area contributed by atoms with Crippen LogP contribution in [0.4, 0.5) is 13.2 Å². The van der Waals surface area contributed by atoms with Crippen molar-refractivity contribution in [2.24, 2.45) is 0 Å². The number of thioether (sulfide) groups is 1. The Labute approximate surface area is 113 Å². The largest absolute Gasteiger partial charge is 0.465 e. The highest BCUT2D eigenvalue weighted by molar-refractivity contribution is 9.10. The lowest BCUT2D eigenvalue weighted by molar-refractivity contribution is -0.0328. The van der Waals surface area contributed by atoms with E-state index in [4.69, 9.17) is 5.26 Å². The molecule has 3 nitrogen and oxygen atoms in total. The summed E-state index contributed by atoms with van der Waals surface area (Å²) < 4.78 is 41.2. The van der Waals surface area contributed by atoms with Crippen molar-refractivity contribution < 1.29 is 22.7 Å². The first kappa shape index (κ1) is 14.9. The van der Waals surface area contributed by atoms with Crippen LogP contribution in [-0.2, 0) is 4.74 Å². The second-order valence-electron chi connectivity index (χ2n) is 2.95. The number of hydrogen-bond acceptors (Lipinski definition) is 4. The van der Waals surface area contributed by atoms with Crippen LogP contribution in [0.5, 0.6) is 0 Å². The van der Waals surface area contributed by atoms with Crippen molar-refractivity contribution in [1.29, 1.82) is 5.26 Å². The molecule has 0 amide bonds. The number of ether oxygens (including phenoxy) is 1. The molecule has 0 spiro atoms. The minimum absolute atomic E-state index is 0.0553. The van der Waals surface area contributed by atoms with Crippen molar-refractivity contribution in [3.8, 4) is 6.07 Å². The lowest BCUT2D eigenvalue weighted by atomic mass is 10.1. The molecule has 0 saturated carbocycles. The van der Waals surface area contributed by atoms with Gasteiger partial charge in [-0.25, -0.2) is 4.79 Å². The summed E-state index contributed by atoms with van der Waals surface area (Å²) in [4.78, 5) is 11.2. The van der Waals surface area contributed by atoms with Gasteiger partial charge in [-0.05, 0) is 39.8 Å². The molecule has 1 aromatic rings. The van der Waals surface area contributed by atoms with E-state index in [1.54, 1.807) is 6.07 Å². The Morgan fingerprint density at radius 3 is 2.56 bits per heavy atom. The van der Waals surface area contributed by atoms with Crippen LogP contribution in [0.1, 0.15) is 15.9 Å². The molecule has 0 aliphatic rings. The molecular formula is C10H5BrF3NO2S. The lowest BCUT2D eigenvalue weighted by Gasteiger charge is -2.11. The van der Waals surface area contributed by atoms with Crippen LogP contribution >= 0.6 is 27.7 Å². The van der Waals surface area contributed by atoms with Crippen molar-refractivity contribution in [2.75, 3.05) is 7.11 Å². The second kappa shape index (κ2) is 5.63. The van der Waals surface area contributed by atoms with Crippen molar-refractivity contribution in [1.82, 2.24) is 0 Å². The molecule has 0 radical (unpaired) electrons. The van der Waals surface area contributed by atoms with Crippen molar-refractivity contribution in [3.05, 3.63) is 27.7 Å². The molecule has 18 heavy (non-hydrogen) atoms. The monoisotopic (exact) mass is 339 g/mol. The molecule has 0 aromatic heterocycles. The molecular weight excluding hydrogens is 335 g/mol. The summed E-state index contributed by atoms with van der Waals surface area (Å²) in [5.74, 6) is -0.872. The van der Waals surface area contributed by atoms with E-state index in [0.29, 0.717) is 0 Å². The predicted octanol–water partition coefficient (Wildman–Crippen LogP) is 3.72. The molecule has 0 aliphatic heterocycles. The number of benzene rings is 1. The fourth-order valence-corrected chi connectivity index (χ4v) is 2.48. The Morgan fingerprint density at radius 2 is 2.11 bits per heavy atom. The number of esters is 1. The Kier molecular flexibility index (Phi) is 4.65. The first-order valence-corrected chi connectivity index (χ1v) is 5.97. The van der Waals surface area contributed by atoms with Gasteiger partial charge in [-0.1, -0.05) is 0 Å². The van der Waals surface area contributed by atoms with Gasteiger partial charge in [0, 0.05) is 9.37 Å². The molecule has 0 fully saturated rings. The smallest absolute Gasteiger partial charge is 0.446 e. The number of alkyl halides is 3. The van der Waals surface area contributed by atoms with E-state index < -0.39 is 11.5 Å². The maximum atomic E-state index is 12.3. The number of methoxy groups -OCH3 is 1. The zero-order valence-corrected chi connectivity index (χ0v) is 11.2. The van der Waals surface area contributed by atoms with E-state index in [1.165, 1.54) is 0 Å². The Balaban J connectivity index is 3.35. The average Bonchev–Trinajstić information content (AvgIpc) is 2.29. The van der Waals surface area contributed by atoms with E-state index in [0.717, 1.165) is 19.2 Å². The Hall–Kier alpha value is -1.20. The number of halogens is 4. The van der Waals surface area contributed by atoms with Crippen LogP contribution in [0.3, 0.4) is 0 Å². The molecule has 96 valence electrons. The van der Waals surface area contributed by atoms with Crippen LogP contribution in [0.15, 0.2) is 21.5 Å². The summed E-state index contributed by atoms with van der Waals surface area (Å²) in [5, 5.41) is 8.80. The van der Waals surface area contributed by atoms with Gasteiger partial charge in [0.2, 0.25) is 0 Å². The van der Waals surface area contributed by atoms with E-state index in [-0.39, 0.29) is 32.3 Å². The van der Waals surface area contributed by atoms with Crippen LogP contribution in [0.25, 0.3) is 0 Å². The zero-order valence-electron chi connectivity index (χ0n) is 8.84. The highest BCUT2D eigenvalue weighted by Gasteiger charge is 2.32. The molecule has 0 atom stereocenters. The topological polar surface area (TPSA) is 50.1 Å². The summed E-state index contributed by atoms with van der Waals surface area (Å²) in [6.07, 6.45) is 0. The fourth-order valence-electron chi connectivity index (χ4n) is 1.16. The van der Waals surface area contributed by atoms with Gasteiger partial charge in [0.25, 0.3) is 0 Å². The van der Waals surface area contributed by atoms with Crippen LogP contribution in [0, 0.1) is 11.3 Å². The van der Waals surface area contributed by atoms with Gasteiger partial charge in [0.1, 0.15) is 6.07 Å². The van der Waals surface area contributed by atoms with Crippen LogP contribution in [0.2, 0.25) is 0 Å². The Morgan fingerprint density at radius 1 is 1.50 bits per heavy atom. The Bertz CT molecular complexity index is 525. The van der Waals surface area contributed by atoms with Crippen LogP contribution < -0.4 is 0 Å². The van der Waals surface area contributed by atoms with Gasteiger partial charge >= 0.3 is 11.5 Å². The molecule has 0 heterocycles. The number of rotatable bonds is 2. The summed E-state index contributed by atoms with van der Waals surface area (Å²) in [6.45, 7) is 0. The number of carbonyl (C=O) groups is 1. The van der Waals surface area contributed by atoms with Gasteiger partial charge in [-0.15, -0.1) is 0 Å². The maximum absolute atomic E-state index is 12.3. The van der Waals surface area contributed by atoms with Crippen molar-refractivity contribution in [3.63, 3.8) is 0 Å². The molecule has 0 unspecified atom stereocenters. The van der Waals surface area contributed by atoms with Gasteiger partial charge in [-0.3, -0.25) is 0 Å². The van der Waals surface area contributed by atoms with Gasteiger partial charge in [0.05, 0.1) is 18.2 Å². The average molecular weight is 340 g/mol. The third kappa shape index (κ3) is 3.40. The molecule has 0 N–H and O–H groups in total. The van der Waals surface area contributed by atoms with E-state index in [9.17, 15) is 18.0 Å². The number of nitrogens with zero attached hydrogens (tertiary/aromatic N) is 1. The fraction of sp³-hybridized carbons (Fsp3) is 0.200. The summed E-state index contributed by atoms with van der Waals surface area (Å²) in [6, 6.07) is 3.98. The predicted molar refractivity (Wildman–Crippen MR) is 62.1 cm³/mol. The van der Waals surface area contributed by atoms with E-state index >= 15 is 0 Å². The molecule has 8 heteroatoms. The third-order valence-corrected chi connectivity index (χ3v) is 3.72. The first-order chi connectivity index (χ1) is 8.30. The minimum atomic E-state index is -4.48. The summed E-state index contributed by atoms with van der Waals surface area (Å²) in [7, 11) is 1.08. The molecule has 0 bridgehead atoms. The highest BCUT2D eigenvalue weighted by atomic mass is 79.9. The first-order valence-electron chi connectivity index (χ1n) is 4.36. The minimum Gasteiger partial charge on any atom is -0.465 e. The van der Waals surface area contributed by atoms with Crippen LogP contribution in [-0.4, -0.2) is 18.6 Å². The van der Waals surface area contributed by atoms with Gasteiger partial charge in [-0.2, -0.15) is 18.4 Å². The normalized spacial score (nSPS) is 10.9. The standard InChI is InChI=1S/C10H5BrF3NO2S/c1-17-9(16)7-5(4-15)2-3-6(8(7)11)18-10(12,13)14/h2-3H,1H3. The highest BCUT2D eigenvalue weighted by Crippen LogP contribution is 2.42. The lowest BCUT2D eigenvalue weighted by Crippen LogP contribution is -2.07. The third-order valence-electron chi connectivity index (χ3n) is 1.84. The number of hydrogen-bond donors (Lipinski definition) is 0. The second-order valence-corrected chi connectivity index (χ2v) is 4.85. The van der Waals surface area contributed by atoms with E-state index in [2.05, 4.69) is 20.7 Å². The molecule has 1 aromatic carbocycles. The quantitative estimate of drug-likeness (QED) is 0.608. The number of carbonyl (C=O) groups excluding carboxylic acids is 1. The molecule has 0 aliphatic carbocycles. The molecule has 0 saturated heterocycles.